The van der Waals surface area contributed by atoms with E-state index in [0.717, 1.165) is 5.92 Å². The maximum atomic E-state index is 2.38. The zero-order valence-corrected chi connectivity index (χ0v) is 12.9. The molecule has 3 rings (SSSR count). The van der Waals surface area contributed by atoms with Gasteiger partial charge in [0.15, 0.2) is 0 Å². The highest BCUT2D eigenvalue weighted by Gasteiger charge is 2.17. The smallest absolute Gasteiger partial charge is 0.0152 e. The molecular weight excluding hydrogens is 240 g/mol. The van der Waals surface area contributed by atoms with Crippen molar-refractivity contribution in [2.45, 2.75) is 46.5 Å². The Morgan fingerprint density at radius 3 is 2.55 bits per heavy atom. The summed E-state index contributed by atoms with van der Waals surface area (Å²) in [5.74, 6) is 0.848. The van der Waals surface area contributed by atoms with Crippen LogP contribution in [0.15, 0.2) is 35.9 Å². The second-order valence-corrected chi connectivity index (χ2v) is 6.28. The highest BCUT2D eigenvalue weighted by molar-refractivity contribution is 5.80. The van der Waals surface area contributed by atoms with E-state index in [-0.39, 0.29) is 0 Å². The molecule has 20 heavy (non-hydrogen) atoms. The molecule has 0 heteroatoms. The maximum Gasteiger partial charge on any atom is -0.0152 e. The Balaban J connectivity index is 1.97. The summed E-state index contributed by atoms with van der Waals surface area (Å²) in [5, 5.41) is 0. The van der Waals surface area contributed by atoms with Gasteiger partial charge < -0.3 is 0 Å². The van der Waals surface area contributed by atoms with Gasteiger partial charge in [0, 0.05) is 0 Å². The van der Waals surface area contributed by atoms with Gasteiger partial charge in [0.05, 0.1) is 0 Å². The lowest BCUT2D eigenvalue weighted by atomic mass is 9.88. The molecule has 0 radical (unpaired) electrons. The van der Waals surface area contributed by atoms with E-state index in [1.165, 1.54) is 59.1 Å². The van der Waals surface area contributed by atoms with Gasteiger partial charge in [-0.1, -0.05) is 42.0 Å². The Morgan fingerprint density at radius 1 is 1.05 bits per heavy atom. The van der Waals surface area contributed by atoms with Gasteiger partial charge in [-0.25, -0.2) is 0 Å². The number of hydrogen-bond acceptors (Lipinski definition) is 0. The predicted molar refractivity (Wildman–Crippen MR) is 88.6 cm³/mol. The predicted octanol–water partition coefficient (Wildman–Crippen LogP) is 5.85. The minimum Gasteiger partial charge on any atom is -0.0836 e. The van der Waals surface area contributed by atoms with Crippen LogP contribution in [-0.4, -0.2) is 0 Å². The van der Waals surface area contributed by atoms with Crippen LogP contribution in [0, 0.1) is 19.8 Å². The number of benzene rings is 1. The van der Waals surface area contributed by atoms with Crippen LogP contribution in [0.5, 0.6) is 0 Å². The van der Waals surface area contributed by atoms with E-state index in [9.17, 15) is 0 Å². The first-order chi connectivity index (χ1) is 9.66. The molecule has 1 fully saturated rings. The third kappa shape index (κ3) is 2.65. The van der Waals surface area contributed by atoms with Crippen molar-refractivity contribution in [1.29, 1.82) is 0 Å². The van der Waals surface area contributed by atoms with Gasteiger partial charge >= 0.3 is 0 Å². The van der Waals surface area contributed by atoms with E-state index >= 15 is 0 Å². The van der Waals surface area contributed by atoms with Gasteiger partial charge in [0.1, 0.15) is 0 Å². The molecule has 1 aromatic carbocycles. The Bertz CT molecular complexity index is 607. The fraction of sp³-hybridized carbons (Fsp3) is 0.400. The van der Waals surface area contributed by atoms with Gasteiger partial charge in [-0.05, 0) is 80.2 Å². The zero-order valence-electron chi connectivity index (χ0n) is 12.9. The second kappa shape index (κ2) is 5.44. The van der Waals surface area contributed by atoms with Crippen molar-refractivity contribution in [2.75, 3.05) is 0 Å². The van der Waals surface area contributed by atoms with Crippen molar-refractivity contribution in [3.8, 4) is 0 Å². The summed E-state index contributed by atoms with van der Waals surface area (Å²) in [7, 11) is 0. The van der Waals surface area contributed by atoms with Crippen LogP contribution >= 0.6 is 0 Å². The Hall–Kier alpha value is -1.56. The van der Waals surface area contributed by atoms with Crippen LogP contribution in [0.4, 0.5) is 0 Å². The van der Waals surface area contributed by atoms with Gasteiger partial charge in [0.2, 0.25) is 0 Å². The molecule has 104 valence electrons. The van der Waals surface area contributed by atoms with Crippen molar-refractivity contribution >= 4 is 11.6 Å². The number of allylic oxidation sites excluding steroid dienone is 5. The SMILES string of the molecule is CC1=C(c2ccc(/C=C\C3CC3)c(C)c2C)C=CCC1. The molecule has 0 aliphatic heterocycles. The first-order valence-electron chi connectivity index (χ1n) is 7.82. The fourth-order valence-corrected chi connectivity index (χ4v) is 2.94. The summed E-state index contributed by atoms with van der Waals surface area (Å²) in [6, 6.07) is 4.60. The minimum atomic E-state index is 0.848. The standard InChI is InChI=1S/C20H24/c1-14-6-4-5-7-19(14)20-13-12-18(15(2)16(20)3)11-10-17-8-9-17/h5,7,10-13,17H,4,6,8-9H2,1-3H3/b11-10-. The van der Waals surface area contributed by atoms with Crippen molar-refractivity contribution in [3.63, 3.8) is 0 Å². The third-order valence-corrected chi connectivity index (χ3v) is 4.72. The maximum absolute atomic E-state index is 2.38. The quantitative estimate of drug-likeness (QED) is 0.642. The molecule has 2 aliphatic carbocycles. The normalized spacial score (nSPS) is 19.1. The molecular formula is C20H24. The Labute approximate surface area is 122 Å². The lowest BCUT2D eigenvalue weighted by Crippen LogP contribution is -1.97. The van der Waals surface area contributed by atoms with Crippen molar-refractivity contribution < 1.29 is 0 Å². The highest BCUT2D eigenvalue weighted by atomic mass is 14.2. The molecule has 0 aromatic heterocycles. The average Bonchev–Trinajstić information content (AvgIpc) is 3.26. The van der Waals surface area contributed by atoms with E-state index in [1.54, 1.807) is 0 Å². The number of rotatable bonds is 3. The molecule has 0 saturated heterocycles. The van der Waals surface area contributed by atoms with E-state index in [4.69, 9.17) is 0 Å². The summed E-state index contributed by atoms with van der Waals surface area (Å²) in [4.78, 5) is 0. The van der Waals surface area contributed by atoms with Gasteiger partial charge in [-0.2, -0.15) is 0 Å². The first kappa shape index (κ1) is 13.4. The molecule has 0 heterocycles. The van der Waals surface area contributed by atoms with Crippen molar-refractivity contribution in [3.05, 3.63) is 58.2 Å². The van der Waals surface area contributed by atoms with E-state index in [0.29, 0.717) is 0 Å². The van der Waals surface area contributed by atoms with Crippen molar-refractivity contribution in [2.24, 2.45) is 5.92 Å². The molecule has 2 aliphatic rings. The molecule has 0 unspecified atom stereocenters. The van der Waals surface area contributed by atoms with Crippen LogP contribution in [0.2, 0.25) is 0 Å². The molecule has 0 nitrogen and oxygen atoms in total. The third-order valence-electron chi connectivity index (χ3n) is 4.72. The van der Waals surface area contributed by atoms with E-state index < -0.39 is 0 Å². The summed E-state index contributed by atoms with van der Waals surface area (Å²) < 4.78 is 0. The first-order valence-corrected chi connectivity index (χ1v) is 7.82. The fourth-order valence-electron chi connectivity index (χ4n) is 2.94. The summed E-state index contributed by atoms with van der Waals surface area (Å²) in [5.41, 5.74) is 8.63. The van der Waals surface area contributed by atoms with Crippen LogP contribution in [0.25, 0.3) is 11.6 Å². The van der Waals surface area contributed by atoms with Crippen LogP contribution in [-0.2, 0) is 0 Å². The van der Waals surface area contributed by atoms with Crippen LogP contribution < -0.4 is 0 Å². The molecule has 1 aromatic rings. The lowest BCUT2D eigenvalue weighted by Gasteiger charge is -2.17. The average molecular weight is 264 g/mol. The second-order valence-electron chi connectivity index (χ2n) is 6.28. The van der Waals surface area contributed by atoms with E-state index in [2.05, 4.69) is 57.2 Å². The summed E-state index contributed by atoms with van der Waals surface area (Å²) >= 11 is 0. The monoisotopic (exact) mass is 264 g/mol. The molecule has 1 saturated carbocycles. The van der Waals surface area contributed by atoms with Gasteiger partial charge in [0.25, 0.3) is 0 Å². The molecule has 0 atom stereocenters. The van der Waals surface area contributed by atoms with E-state index in [1.807, 2.05) is 0 Å². The number of hydrogen-bond donors (Lipinski definition) is 0. The van der Waals surface area contributed by atoms with Gasteiger partial charge in [-0.15, -0.1) is 0 Å². The Kier molecular flexibility index (Phi) is 3.65. The molecule has 0 N–H and O–H groups in total. The largest absolute Gasteiger partial charge is 0.0836 e. The zero-order chi connectivity index (χ0) is 14.1. The molecule has 0 amide bonds. The minimum absolute atomic E-state index is 0.848. The topological polar surface area (TPSA) is 0 Å². The lowest BCUT2D eigenvalue weighted by molar-refractivity contribution is 0.966. The summed E-state index contributed by atoms with van der Waals surface area (Å²) in [6.45, 7) is 6.80. The summed E-state index contributed by atoms with van der Waals surface area (Å²) in [6.07, 6.45) is 14.5. The van der Waals surface area contributed by atoms with Gasteiger partial charge in [-0.3, -0.25) is 0 Å². The Morgan fingerprint density at radius 2 is 1.85 bits per heavy atom. The van der Waals surface area contributed by atoms with Crippen molar-refractivity contribution in [1.82, 2.24) is 0 Å². The highest BCUT2D eigenvalue weighted by Crippen LogP contribution is 2.33. The van der Waals surface area contributed by atoms with Crippen LogP contribution in [0.3, 0.4) is 0 Å². The van der Waals surface area contributed by atoms with Crippen LogP contribution in [0.1, 0.15) is 54.9 Å². The molecule has 0 spiro atoms. The molecule has 0 bridgehead atoms.